The Morgan fingerprint density at radius 2 is 1.54 bits per heavy atom. The maximum absolute atomic E-state index is 14.0. The highest BCUT2D eigenvalue weighted by atomic mass is 35.5. The fourth-order valence-electron chi connectivity index (χ4n) is 9.52. The Labute approximate surface area is 402 Å². The van der Waals surface area contributed by atoms with E-state index in [9.17, 15) is 24.4 Å². The van der Waals surface area contributed by atoms with Gasteiger partial charge in [-0.15, -0.1) is 0 Å². The number of halogens is 1. The molecule has 356 valence electrons. The third-order valence-corrected chi connectivity index (χ3v) is 13.2. The van der Waals surface area contributed by atoms with Crippen molar-refractivity contribution in [2.24, 2.45) is 16.2 Å². The molecule has 1 aliphatic carbocycles. The number of aromatic nitrogens is 1. The summed E-state index contributed by atoms with van der Waals surface area (Å²) in [5, 5.41) is 18.6. The highest BCUT2D eigenvalue weighted by molar-refractivity contribution is 6.31. The Morgan fingerprint density at radius 1 is 0.912 bits per heavy atom. The van der Waals surface area contributed by atoms with E-state index in [-0.39, 0.29) is 43.1 Å². The summed E-state index contributed by atoms with van der Waals surface area (Å²) in [5.41, 5.74) is 2.81. The van der Waals surface area contributed by atoms with E-state index in [0.717, 1.165) is 22.4 Å². The maximum atomic E-state index is 14.0. The molecule has 15 heteroatoms. The number of ether oxygens (including phenoxy) is 3. The van der Waals surface area contributed by atoms with Crippen molar-refractivity contribution >= 4 is 35.2 Å². The first-order chi connectivity index (χ1) is 32.3. The van der Waals surface area contributed by atoms with Crippen molar-refractivity contribution in [3.05, 3.63) is 130 Å². The highest BCUT2D eigenvalue weighted by Crippen LogP contribution is 2.55. The molecule has 1 saturated heterocycles. The molecule has 4 aromatic carbocycles. The number of nitriles is 1. The first kappa shape index (κ1) is 49.2. The first-order valence-corrected chi connectivity index (χ1v) is 23.1. The van der Waals surface area contributed by atoms with E-state index in [1.807, 2.05) is 64.1 Å². The fraction of sp³-hybridized carbons (Fsp3) is 0.396. The van der Waals surface area contributed by atoms with Gasteiger partial charge in [0, 0.05) is 47.2 Å². The Bertz CT molecular complexity index is 2650. The van der Waals surface area contributed by atoms with Crippen molar-refractivity contribution in [1.29, 1.82) is 5.26 Å². The van der Waals surface area contributed by atoms with Gasteiger partial charge in [-0.1, -0.05) is 96.5 Å². The number of aryl methyl sites for hydroxylation is 1. The van der Waals surface area contributed by atoms with Crippen LogP contribution >= 0.6 is 11.6 Å². The second-order valence-corrected chi connectivity index (χ2v) is 20.2. The van der Waals surface area contributed by atoms with Crippen LogP contribution in [0, 0.1) is 34.5 Å². The van der Waals surface area contributed by atoms with Gasteiger partial charge in [-0.05, 0) is 84.8 Å². The minimum atomic E-state index is -0.878. The summed E-state index contributed by atoms with van der Waals surface area (Å²) in [6.45, 7) is 16.3. The molecule has 3 N–H and O–H groups in total. The van der Waals surface area contributed by atoms with Crippen molar-refractivity contribution < 1.29 is 37.8 Å². The average Bonchev–Trinajstić information content (AvgIpc) is 3.98. The van der Waals surface area contributed by atoms with E-state index in [2.05, 4.69) is 54.7 Å². The summed E-state index contributed by atoms with van der Waals surface area (Å²) < 4.78 is 23.6. The minimum Gasteiger partial charge on any atom is -0.489 e. The van der Waals surface area contributed by atoms with Gasteiger partial charge in [-0.25, -0.2) is 4.98 Å². The molecule has 68 heavy (non-hydrogen) atoms. The van der Waals surface area contributed by atoms with Crippen LogP contribution in [0.5, 0.6) is 17.2 Å². The van der Waals surface area contributed by atoms with E-state index in [1.165, 1.54) is 6.39 Å². The van der Waals surface area contributed by atoms with Gasteiger partial charge in [0.15, 0.2) is 12.2 Å². The number of nitrogens with zero attached hydrogens (tertiary/aromatic N) is 3. The Hall–Kier alpha value is -6.69. The summed E-state index contributed by atoms with van der Waals surface area (Å²) >= 11 is 6.24. The van der Waals surface area contributed by atoms with Crippen LogP contribution in [0.1, 0.15) is 94.1 Å². The molecule has 0 unspecified atom stereocenters. The number of nitrogens with one attached hydrogen (secondary N) is 3. The zero-order chi connectivity index (χ0) is 49.0. The summed E-state index contributed by atoms with van der Waals surface area (Å²) in [6.07, 6.45) is 2.39. The predicted molar refractivity (Wildman–Crippen MR) is 257 cm³/mol. The minimum absolute atomic E-state index is 0.147. The van der Waals surface area contributed by atoms with Crippen molar-refractivity contribution in [3.63, 3.8) is 0 Å². The number of rotatable bonds is 16. The monoisotopic (exact) mass is 942 g/mol. The predicted octanol–water partition coefficient (Wildman–Crippen LogP) is 8.93. The summed E-state index contributed by atoms with van der Waals surface area (Å²) in [4.78, 5) is 59.8. The summed E-state index contributed by atoms with van der Waals surface area (Å²) in [6, 6.07) is 27.2. The van der Waals surface area contributed by atoms with Crippen molar-refractivity contribution in [1.82, 2.24) is 25.8 Å². The zero-order valence-electron chi connectivity index (χ0n) is 39.8. The number of oxazole rings is 1. The van der Waals surface area contributed by atoms with Crippen LogP contribution in [0.2, 0.25) is 5.02 Å². The highest BCUT2D eigenvalue weighted by Gasteiger charge is 2.64. The van der Waals surface area contributed by atoms with Crippen molar-refractivity contribution in [3.8, 4) is 34.6 Å². The normalized spacial score (nSPS) is 18.6. The number of amides is 4. The molecule has 1 aromatic heterocycles. The van der Waals surface area contributed by atoms with Crippen molar-refractivity contribution in [2.75, 3.05) is 13.2 Å². The third-order valence-electron chi connectivity index (χ3n) is 12.9. The van der Waals surface area contributed by atoms with Gasteiger partial charge in [-0.2, -0.15) is 5.26 Å². The molecule has 1 aliphatic heterocycles. The lowest BCUT2D eigenvalue weighted by Gasteiger charge is -2.63. The molecule has 2 atom stereocenters. The molecule has 0 bridgehead atoms. The largest absolute Gasteiger partial charge is 0.489 e. The molecule has 7 rings (SSSR count). The van der Waals surface area contributed by atoms with E-state index in [1.54, 1.807) is 59.5 Å². The summed E-state index contributed by atoms with van der Waals surface area (Å²) in [5.74, 6) is 1.19. The standard InChI is InChI=1S/C53H59ClN6O8/c1-32-44(66-31-57-32)35-15-11-33(12-16-35)28-56-47(63)42-10-9-25-60(42)48(64)45(51(2,3)4)58-43(61)30-65-29-34-13-20-38(21-14-34)67-39-22-17-36(18-23-39)46(62)59-49-52(5,6)50(53(49,7)8)68-40-24-19-37(27-55)41(54)26-40/h11-24,26,31,42,45,49-50H,9-10,25,28-30H2,1-8H3,(H,56,63)(H,58,61)(H,59,62)/t42-,45+,49?,50?/m0/s1. The number of carbonyl (C=O) groups excluding carboxylic acids is 4. The van der Waals surface area contributed by atoms with Gasteiger partial charge >= 0.3 is 0 Å². The Morgan fingerprint density at radius 3 is 2.15 bits per heavy atom. The molecule has 4 amide bonds. The molecule has 5 aromatic rings. The number of hydrogen-bond donors (Lipinski definition) is 3. The van der Waals surface area contributed by atoms with E-state index in [0.29, 0.717) is 65.1 Å². The van der Waals surface area contributed by atoms with Crippen LogP contribution in [0.3, 0.4) is 0 Å². The Kier molecular flexibility index (Phi) is 14.7. The lowest BCUT2D eigenvalue weighted by atomic mass is 9.49. The molecule has 2 heterocycles. The van der Waals surface area contributed by atoms with Gasteiger partial charge in [0.1, 0.15) is 48.1 Å². The maximum Gasteiger partial charge on any atom is 0.251 e. The number of benzene rings is 4. The van der Waals surface area contributed by atoms with Crippen LogP contribution in [0.25, 0.3) is 11.3 Å². The number of hydrogen-bond acceptors (Lipinski definition) is 10. The fourth-order valence-corrected chi connectivity index (χ4v) is 9.73. The van der Waals surface area contributed by atoms with Crippen LogP contribution in [-0.2, 0) is 32.3 Å². The quantitative estimate of drug-likeness (QED) is 0.0863. The van der Waals surface area contributed by atoms with E-state index < -0.39 is 34.2 Å². The molecule has 0 spiro atoms. The second-order valence-electron chi connectivity index (χ2n) is 19.8. The van der Waals surface area contributed by atoms with Gasteiger partial charge in [-0.3, -0.25) is 19.2 Å². The van der Waals surface area contributed by atoms with E-state index >= 15 is 0 Å². The topological polar surface area (TPSA) is 185 Å². The van der Waals surface area contributed by atoms with Gasteiger partial charge < -0.3 is 39.5 Å². The lowest BCUT2D eigenvalue weighted by Crippen LogP contribution is -2.74. The molecule has 2 aliphatic rings. The summed E-state index contributed by atoms with van der Waals surface area (Å²) in [7, 11) is 0. The van der Waals surface area contributed by atoms with Crippen molar-refractivity contribution in [2.45, 2.75) is 106 Å². The second kappa shape index (κ2) is 20.3. The van der Waals surface area contributed by atoms with Crippen LogP contribution < -0.4 is 25.4 Å². The van der Waals surface area contributed by atoms with Crippen LogP contribution in [0.4, 0.5) is 0 Å². The molecular formula is C53H59ClN6O8. The average molecular weight is 944 g/mol. The molecule has 14 nitrogen and oxygen atoms in total. The number of carbonyl (C=O) groups is 4. The zero-order valence-corrected chi connectivity index (χ0v) is 40.5. The molecule has 2 fully saturated rings. The number of likely N-dealkylation sites (tertiary alicyclic amines) is 1. The van der Waals surface area contributed by atoms with Gasteiger partial charge in [0.2, 0.25) is 17.7 Å². The molecular weight excluding hydrogens is 884 g/mol. The smallest absolute Gasteiger partial charge is 0.251 e. The van der Waals surface area contributed by atoms with Crippen LogP contribution in [-0.4, -0.2) is 70.9 Å². The molecule has 0 radical (unpaired) electrons. The van der Waals surface area contributed by atoms with Gasteiger partial charge in [0.25, 0.3) is 5.91 Å². The van der Waals surface area contributed by atoms with Crippen LogP contribution in [0.15, 0.2) is 102 Å². The lowest BCUT2D eigenvalue weighted by molar-refractivity contribution is -0.164. The van der Waals surface area contributed by atoms with E-state index in [4.69, 9.17) is 30.2 Å². The first-order valence-electron chi connectivity index (χ1n) is 22.7. The van der Waals surface area contributed by atoms with Gasteiger partial charge in [0.05, 0.1) is 22.9 Å². The Balaban J connectivity index is 0.850. The third kappa shape index (κ3) is 11.0. The SMILES string of the molecule is Cc1ncoc1-c1ccc(CNC(=O)[C@@H]2CCCN2C(=O)[C@@H](NC(=O)COCc2ccc(Oc3ccc(C(=O)NC4C(C)(C)C(Oc5ccc(C#N)c(Cl)c5)C4(C)C)cc3)cc2)C(C)(C)C)cc1. The molecule has 1 saturated carbocycles.